The van der Waals surface area contributed by atoms with Gasteiger partial charge >= 0.3 is 0 Å². The number of thioether (sulfide) groups is 1. The van der Waals surface area contributed by atoms with Crippen LogP contribution in [0.2, 0.25) is 10.0 Å². The lowest BCUT2D eigenvalue weighted by Gasteiger charge is -2.08. The molecule has 0 aliphatic rings. The molecule has 0 aliphatic carbocycles. The lowest BCUT2D eigenvalue weighted by Crippen LogP contribution is -2.22. The Labute approximate surface area is 175 Å². The molecule has 1 aromatic carbocycles. The number of benzene rings is 1. The summed E-state index contributed by atoms with van der Waals surface area (Å²) in [6, 6.07) is 8.26. The van der Waals surface area contributed by atoms with E-state index in [1.807, 2.05) is 6.07 Å². The van der Waals surface area contributed by atoms with Crippen molar-refractivity contribution in [3.05, 3.63) is 66.7 Å². The average Bonchev–Trinajstić information content (AvgIpc) is 3.05. The molecule has 0 aliphatic heterocycles. The number of nitrogens with zero attached hydrogens (tertiary/aromatic N) is 1. The molecule has 0 atom stereocenters. The summed E-state index contributed by atoms with van der Waals surface area (Å²) in [5, 5.41) is 3.61. The van der Waals surface area contributed by atoms with Crippen LogP contribution < -0.4 is 16.6 Å². The van der Waals surface area contributed by atoms with Gasteiger partial charge in [0.25, 0.3) is 11.5 Å². The molecule has 0 saturated carbocycles. The molecule has 1 amide bonds. The summed E-state index contributed by atoms with van der Waals surface area (Å²) in [5.74, 6) is -0.199. The van der Waals surface area contributed by atoms with Gasteiger partial charge in [-0.05, 0) is 45.8 Å². The molecule has 140 valence electrons. The third kappa shape index (κ3) is 4.86. The summed E-state index contributed by atoms with van der Waals surface area (Å²) in [6.07, 6.45) is 0. The first-order valence-electron chi connectivity index (χ1n) is 7.36. The first-order chi connectivity index (χ1) is 12.8. The van der Waals surface area contributed by atoms with Crippen molar-refractivity contribution in [3.63, 3.8) is 0 Å². The van der Waals surface area contributed by atoms with E-state index in [-0.39, 0.29) is 17.3 Å². The zero-order valence-electron chi connectivity index (χ0n) is 13.4. The van der Waals surface area contributed by atoms with Crippen LogP contribution in [-0.4, -0.2) is 15.9 Å². The minimum atomic E-state index is -0.615. The highest BCUT2D eigenvalue weighted by molar-refractivity contribution is 9.10. The van der Waals surface area contributed by atoms with Gasteiger partial charge in [0.15, 0.2) is 27.1 Å². The molecule has 2 aromatic heterocycles. The largest absolute Gasteiger partial charge is 0.444 e. The number of amides is 1. The number of hydrogen-bond donors (Lipinski definition) is 3. The first-order valence-corrected chi connectivity index (χ1v) is 9.90. The van der Waals surface area contributed by atoms with E-state index in [2.05, 4.69) is 31.2 Å². The number of furan rings is 1. The molecule has 27 heavy (non-hydrogen) atoms. The molecular weight excluding hydrogens is 479 g/mol. The molecule has 0 bridgehead atoms. The van der Waals surface area contributed by atoms with Crippen molar-refractivity contribution < 1.29 is 9.21 Å². The Kier molecular flexibility index (Phi) is 6.15. The fraction of sp³-hybridized carbons (Fsp3) is 0.0625. The predicted molar refractivity (Wildman–Crippen MR) is 110 cm³/mol. The number of anilines is 2. The van der Waals surface area contributed by atoms with Crippen molar-refractivity contribution in [2.75, 3.05) is 11.1 Å². The van der Waals surface area contributed by atoms with Crippen molar-refractivity contribution in [1.29, 1.82) is 0 Å². The van der Waals surface area contributed by atoms with Crippen LogP contribution in [0.25, 0.3) is 0 Å². The minimum absolute atomic E-state index is 0.0266. The molecule has 0 saturated heterocycles. The van der Waals surface area contributed by atoms with Gasteiger partial charge < -0.3 is 15.5 Å². The maximum absolute atomic E-state index is 12.3. The van der Waals surface area contributed by atoms with Crippen LogP contribution in [0.5, 0.6) is 0 Å². The second-order valence-electron chi connectivity index (χ2n) is 5.23. The number of carbonyl (C=O) groups is 1. The Hall–Kier alpha value is -1.94. The quantitative estimate of drug-likeness (QED) is 0.357. The van der Waals surface area contributed by atoms with Crippen LogP contribution in [-0.2, 0) is 5.75 Å². The van der Waals surface area contributed by atoms with Gasteiger partial charge in [0.1, 0.15) is 0 Å². The number of hydrogen-bond acceptors (Lipinski definition) is 6. The van der Waals surface area contributed by atoms with Crippen LogP contribution in [0, 0.1) is 0 Å². The summed E-state index contributed by atoms with van der Waals surface area (Å²) in [7, 11) is 0. The number of H-pyrrole nitrogens is 1. The number of halogens is 3. The number of nitrogens with two attached hydrogens (primary N) is 1. The maximum atomic E-state index is 12.3. The number of nitrogens with one attached hydrogen (secondary N) is 2. The molecule has 7 nitrogen and oxygen atoms in total. The lowest BCUT2D eigenvalue weighted by atomic mass is 10.2. The van der Waals surface area contributed by atoms with Crippen LogP contribution >= 0.6 is 50.9 Å². The second kappa shape index (κ2) is 8.39. The maximum Gasteiger partial charge on any atom is 0.291 e. The van der Waals surface area contributed by atoms with Crippen molar-refractivity contribution in [2.45, 2.75) is 10.9 Å². The highest BCUT2D eigenvalue weighted by atomic mass is 79.9. The average molecular weight is 490 g/mol. The van der Waals surface area contributed by atoms with Gasteiger partial charge in [-0.3, -0.25) is 14.6 Å². The Balaban J connectivity index is 1.73. The SMILES string of the molecule is Nc1nc(SCc2ccc(Cl)c(Cl)c2)[nH]c(=O)c1NC(=O)c1ccc(Br)o1. The Morgan fingerprint density at radius 2 is 2.07 bits per heavy atom. The predicted octanol–water partition coefficient (Wildman–Crippen LogP) is 4.56. The third-order valence-electron chi connectivity index (χ3n) is 3.32. The van der Waals surface area contributed by atoms with Gasteiger partial charge in [-0.2, -0.15) is 0 Å². The van der Waals surface area contributed by atoms with Crippen LogP contribution in [0.4, 0.5) is 11.5 Å². The van der Waals surface area contributed by atoms with Gasteiger partial charge in [-0.1, -0.05) is 41.0 Å². The summed E-state index contributed by atoms with van der Waals surface area (Å²) in [6.45, 7) is 0. The molecule has 11 heteroatoms. The summed E-state index contributed by atoms with van der Waals surface area (Å²) < 4.78 is 5.52. The molecule has 0 fully saturated rings. The highest BCUT2D eigenvalue weighted by Gasteiger charge is 2.16. The first kappa shape index (κ1) is 19.8. The number of rotatable bonds is 5. The van der Waals surface area contributed by atoms with Crippen LogP contribution in [0.15, 0.2) is 49.4 Å². The fourth-order valence-corrected chi connectivity index (χ4v) is 3.49. The smallest absolute Gasteiger partial charge is 0.291 e. The summed E-state index contributed by atoms with van der Waals surface area (Å²) in [4.78, 5) is 31.0. The van der Waals surface area contributed by atoms with Crippen molar-refractivity contribution in [2.24, 2.45) is 0 Å². The standard InChI is InChI=1S/C16H11BrCl2N4O3S/c17-11-4-3-10(26-11)14(24)21-12-13(20)22-16(23-15(12)25)27-6-7-1-2-8(18)9(19)5-7/h1-5H,6H2,(H,21,24)(H3,20,22,23,25). The van der Waals surface area contributed by atoms with Gasteiger partial charge in [0, 0.05) is 5.75 Å². The second-order valence-corrected chi connectivity index (χ2v) is 7.79. The molecule has 4 N–H and O–H groups in total. The zero-order chi connectivity index (χ0) is 19.6. The molecular formula is C16H11BrCl2N4O3S. The van der Waals surface area contributed by atoms with Crippen molar-refractivity contribution in [1.82, 2.24) is 9.97 Å². The Morgan fingerprint density at radius 3 is 2.70 bits per heavy atom. The normalized spacial score (nSPS) is 10.8. The van der Waals surface area contributed by atoms with Crippen molar-refractivity contribution >= 4 is 68.3 Å². The molecule has 0 spiro atoms. The molecule has 3 rings (SSSR count). The Morgan fingerprint density at radius 1 is 1.30 bits per heavy atom. The number of aromatic nitrogens is 2. The van der Waals surface area contributed by atoms with Crippen LogP contribution in [0.1, 0.15) is 16.1 Å². The van der Waals surface area contributed by atoms with Crippen molar-refractivity contribution in [3.8, 4) is 0 Å². The third-order valence-corrected chi connectivity index (χ3v) is 5.43. The van der Waals surface area contributed by atoms with Gasteiger partial charge in [0.05, 0.1) is 10.0 Å². The van der Waals surface area contributed by atoms with Gasteiger partial charge in [-0.15, -0.1) is 0 Å². The molecule has 0 unspecified atom stereocenters. The zero-order valence-corrected chi connectivity index (χ0v) is 17.3. The summed E-state index contributed by atoms with van der Waals surface area (Å²) >= 11 is 16.2. The van der Waals surface area contributed by atoms with E-state index in [4.69, 9.17) is 33.4 Å². The van der Waals surface area contributed by atoms with Gasteiger partial charge in [-0.25, -0.2) is 4.98 Å². The topological polar surface area (TPSA) is 114 Å². The minimum Gasteiger partial charge on any atom is -0.444 e. The van der Waals surface area contributed by atoms with Crippen LogP contribution in [0.3, 0.4) is 0 Å². The highest BCUT2D eigenvalue weighted by Crippen LogP contribution is 2.27. The van der Waals surface area contributed by atoms with E-state index in [9.17, 15) is 9.59 Å². The molecule has 0 radical (unpaired) electrons. The van der Waals surface area contributed by atoms with E-state index in [0.29, 0.717) is 25.6 Å². The van der Waals surface area contributed by atoms with E-state index >= 15 is 0 Å². The number of nitrogen functional groups attached to an aromatic ring is 1. The monoisotopic (exact) mass is 488 g/mol. The summed E-state index contributed by atoms with van der Waals surface area (Å²) in [5.41, 5.74) is 6.01. The lowest BCUT2D eigenvalue weighted by molar-refractivity contribution is 0.0995. The molecule has 2 heterocycles. The van der Waals surface area contributed by atoms with E-state index in [1.165, 1.54) is 17.8 Å². The number of carbonyl (C=O) groups excluding carboxylic acids is 1. The molecule has 3 aromatic rings. The van der Waals surface area contributed by atoms with E-state index in [1.54, 1.807) is 18.2 Å². The van der Waals surface area contributed by atoms with E-state index < -0.39 is 11.5 Å². The van der Waals surface area contributed by atoms with E-state index in [0.717, 1.165) is 5.56 Å². The van der Waals surface area contributed by atoms with Gasteiger partial charge in [0.2, 0.25) is 0 Å². The number of aromatic amines is 1. The fourth-order valence-electron chi connectivity index (χ4n) is 2.05. The Bertz CT molecular complexity index is 1070.